The Kier molecular flexibility index (Phi) is 4.94. The molecule has 0 amide bonds. The summed E-state index contributed by atoms with van der Waals surface area (Å²) in [6.07, 6.45) is -6.64. The molecule has 1 heterocycles. The van der Waals surface area contributed by atoms with Crippen molar-refractivity contribution in [1.29, 1.82) is 0 Å². The van der Waals surface area contributed by atoms with Crippen LogP contribution in [0.2, 0.25) is 0 Å². The molecule has 0 aromatic heterocycles. The van der Waals surface area contributed by atoms with Gasteiger partial charge in [-0.25, -0.2) is 13.6 Å². The summed E-state index contributed by atoms with van der Waals surface area (Å²) in [6.45, 7) is -0.709. The molecule has 1 aromatic rings. The molecule has 11 heteroatoms. The maximum atomic E-state index is 11.2. The predicted molar refractivity (Wildman–Crippen MR) is 76.4 cm³/mol. The Balaban J connectivity index is 2.23. The lowest BCUT2D eigenvalue weighted by Gasteiger charge is -2.45. The van der Waals surface area contributed by atoms with E-state index >= 15 is 0 Å². The lowest BCUT2D eigenvalue weighted by atomic mass is 9.96. The van der Waals surface area contributed by atoms with Crippen molar-refractivity contribution in [2.45, 2.75) is 35.2 Å². The first-order chi connectivity index (χ1) is 10.6. The fraction of sp³-hybridized carbons (Fsp3) is 0.500. The summed E-state index contributed by atoms with van der Waals surface area (Å²) in [5, 5.41) is 55.9. The van der Waals surface area contributed by atoms with E-state index in [1.165, 1.54) is 12.1 Å². The molecule has 0 saturated carbocycles. The van der Waals surface area contributed by atoms with Gasteiger partial charge in [0.1, 0.15) is 18.3 Å². The molecule has 1 aromatic carbocycles. The molecule has 130 valence electrons. The van der Waals surface area contributed by atoms with Gasteiger partial charge in [0.05, 0.1) is 11.5 Å². The Labute approximate surface area is 131 Å². The van der Waals surface area contributed by atoms with Gasteiger partial charge in [0.2, 0.25) is 10.0 Å². The molecule has 0 aliphatic carbocycles. The van der Waals surface area contributed by atoms with Crippen LogP contribution in [0.15, 0.2) is 29.2 Å². The highest BCUT2D eigenvalue weighted by atomic mass is 32.2. The molecule has 10 nitrogen and oxygen atoms in total. The summed E-state index contributed by atoms with van der Waals surface area (Å²) in [5.41, 5.74) is 0.138. The molecular formula is C12H18N2O8S. The second-order valence-electron chi connectivity index (χ2n) is 5.16. The molecule has 0 radical (unpaired) electrons. The lowest BCUT2D eigenvalue weighted by Crippen LogP contribution is -2.68. The SMILES string of the molecule is NS(=O)(=O)c1ccc(N[C@]2(O)O[C@H](CO)[C@H](O)[C@@H](O)[C@@H]2O)cc1. The van der Waals surface area contributed by atoms with E-state index in [0.717, 1.165) is 12.1 Å². The van der Waals surface area contributed by atoms with Gasteiger partial charge in [-0.15, -0.1) is 0 Å². The number of ether oxygens (including phenoxy) is 1. The first-order valence-corrected chi connectivity index (χ1v) is 8.09. The molecule has 1 aliphatic rings. The first-order valence-electron chi connectivity index (χ1n) is 6.55. The molecule has 0 spiro atoms. The molecule has 23 heavy (non-hydrogen) atoms. The van der Waals surface area contributed by atoms with Crippen LogP contribution in [-0.4, -0.2) is 70.9 Å². The maximum absolute atomic E-state index is 11.2. The monoisotopic (exact) mass is 350 g/mol. The molecule has 1 saturated heterocycles. The van der Waals surface area contributed by atoms with Gasteiger partial charge in [-0.05, 0) is 24.3 Å². The number of nitrogens with one attached hydrogen (secondary N) is 1. The molecule has 5 atom stereocenters. The van der Waals surface area contributed by atoms with E-state index in [1.54, 1.807) is 0 Å². The van der Waals surface area contributed by atoms with Crippen molar-refractivity contribution in [2.75, 3.05) is 11.9 Å². The van der Waals surface area contributed by atoms with Crippen LogP contribution in [0, 0.1) is 0 Å². The Bertz CT molecular complexity index is 650. The number of aliphatic hydroxyl groups excluding tert-OH is 4. The van der Waals surface area contributed by atoms with Gasteiger partial charge in [0, 0.05) is 5.69 Å². The number of anilines is 1. The van der Waals surface area contributed by atoms with Gasteiger partial charge in [-0.2, -0.15) is 0 Å². The summed E-state index contributed by atoms with van der Waals surface area (Å²) in [7, 11) is -3.88. The zero-order valence-corrected chi connectivity index (χ0v) is 12.6. The number of aliphatic hydroxyl groups is 5. The van der Waals surface area contributed by atoms with Crippen molar-refractivity contribution in [3.63, 3.8) is 0 Å². The van der Waals surface area contributed by atoms with Crippen molar-refractivity contribution in [3.8, 4) is 0 Å². The Morgan fingerprint density at radius 3 is 2.22 bits per heavy atom. The summed E-state index contributed by atoms with van der Waals surface area (Å²) in [5.74, 6) is -2.50. The summed E-state index contributed by atoms with van der Waals surface area (Å²) < 4.78 is 27.3. The van der Waals surface area contributed by atoms with E-state index in [1.807, 2.05) is 0 Å². The smallest absolute Gasteiger partial charge is 0.277 e. The topological polar surface area (TPSA) is 183 Å². The van der Waals surface area contributed by atoms with Crippen molar-refractivity contribution in [1.82, 2.24) is 0 Å². The van der Waals surface area contributed by atoms with Crippen LogP contribution in [0.4, 0.5) is 5.69 Å². The standard InChI is InChI=1S/C12H18N2O8S/c13-23(20,21)7-3-1-6(2-4-7)14-12(19)11(18)10(17)9(16)8(5-15)22-12/h1-4,8-11,14-19H,5H2,(H2,13,20,21)/t8-,9+,10-,11+,12-/m1/s1. The normalized spacial score (nSPS) is 35.0. The van der Waals surface area contributed by atoms with Crippen molar-refractivity contribution < 1.29 is 38.7 Å². The van der Waals surface area contributed by atoms with E-state index < -0.39 is 47.0 Å². The zero-order valence-electron chi connectivity index (χ0n) is 11.8. The molecular weight excluding hydrogens is 332 g/mol. The average Bonchev–Trinajstić information content (AvgIpc) is 2.49. The second-order valence-corrected chi connectivity index (χ2v) is 6.72. The highest BCUT2D eigenvalue weighted by molar-refractivity contribution is 7.89. The van der Waals surface area contributed by atoms with Crippen LogP contribution in [0.5, 0.6) is 0 Å². The van der Waals surface area contributed by atoms with Gasteiger partial charge in [0.25, 0.3) is 5.91 Å². The molecule has 0 bridgehead atoms. The fourth-order valence-electron chi connectivity index (χ4n) is 2.19. The Morgan fingerprint density at radius 1 is 1.17 bits per heavy atom. The van der Waals surface area contributed by atoms with Crippen molar-refractivity contribution in [2.24, 2.45) is 5.14 Å². The molecule has 0 unspecified atom stereocenters. The largest absolute Gasteiger partial charge is 0.394 e. The van der Waals surface area contributed by atoms with E-state index in [0.29, 0.717) is 0 Å². The molecule has 1 aliphatic heterocycles. The van der Waals surface area contributed by atoms with Gasteiger partial charge in [-0.3, -0.25) is 0 Å². The quantitative estimate of drug-likeness (QED) is 0.276. The van der Waals surface area contributed by atoms with Gasteiger partial charge in [0.15, 0.2) is 6.10 Å². The minimum absolute atomic E-state index is 0.138. The first kappa shape index (κ1) is 18.0. The second kappa shape index (κ2) is 6.30. The van der Waals surface area contributed by atoms with Crippen LogP contribution >= 0.6 is 0 Å². The van der Waals surface area contributed by atoms with Crippen LogP contribution < -0.4 is 10.5 Å². The summed E-state index contributed by atoms with van der Waals surface area (Å²) >= 11 is 0. The molecule has 8 N–H and O–H groups in total. The van der Waals surface area contributed by atoms with Gasteiger partial charge in [-0.1, -0.05) is 0 Å². The van der Waals surface area contributed by atoms with E-state index in [2.05, 4.69) is 5.32 Å². The van der Waals surface area contributed by atoms with Crippen LogP contribution in [0.1, 0.15) is 0 Å². The Morgan fingerprint density at radius 2 is 1.74 bits per heavy atom. The van der Waals surface area contributed by atoms with Crippen LogP contribution in [0.25, 0.3) is 0 Å². The highest BCUT2D eigenvalue weighted by Gasteiger charge is 2.53. The summed E-state index contributed by atoms with van der Waals surface area (Å²) in [6, 6.07) is 4.81. The third-order valence-electron chi connectivity index (χ3n) is 3.47. The number of nitrogens with two attached hydrogens (primary N) is 1. The number of benzene rings is 1. The number of primary sulfonamides is 1. The molecule has 2 rings (SSSR count). The number of hydrogen-bond donors (Lipinski definition) is 7. The Hall–Kier alpha value is -1.31. The van der Waals surface area contributed by atoms with Gasteiger partial charge >= 0.3 is 0 Å². The van der Waals surface area contributed by atoms with Crippen molar-refractivity contribution in [3.05, 3.63) is 24.3 Å². The summed E-state index contributed by atoms with van der Waals surface area (Å²) in [4.78, 5) is -0.163. The van der Waals surface area contributed by atoms with E-state index in [4.69, 9.17) is 15.0 Å². The fourth-order valence-corrected chi connectivity index (χ4v) is 2.71. The third kappa shape index (κ3) is 3.62. The highest BCUT2D eigenvalue weighted by Crippen LogP contribution is 2.29. The average molecular weight is 350 g/mol. The zero-order chi connectivity index (χ0) is 17.4. The maximum Gasteiger partial charge on any atom is 0.277 e. The number of sulfonamides is 1. The predicted octanol–water partition coefficient (Wildman–Crippen LogP) is -3.13. The van der Waals surface area contributed by atoms with E-state index in [9.17, 15) is 28.8 Å². The molecule has 1 fully saturated rings. The van der Waals surface area contributed by atoms with Gasteiger partial charge < -0.3 is 35.6 Å². The van der Waals surface area contributed by atoms with E-state index in [-0.39, 0.29) is 10.6 Å². The minimum Gasteiger partial charge on any atom is -0.394 e. The lowest BCUT2D eigenvalue weighted by molar-refractivity contribution is -0.336. The number of rotatable bonds is 4. The van der Waals surface area contributed by atoms with Crippen molar-refractivity contribution >= 4 is 15.7 Å². The third-order valence-corrected chi connectivity index (χ3v) is 4.40. The van der Waals surface area contributed by atoms with Crippen LogP contribution in [0.3, 0.4) is 0 Å². The minimum atomic E-state index is -3.88. The number of hydrogen-bond acceptors (Lipinski definition) is 9. The van der Waals surface area contributed by atoms with Crippen LogP contribution in [-0.2, 0) is 14.8 Å².